The van der Waals surface area contributed by atoms with Crippen LogP contribution in [-0.2, 0) is 10.0 Å². The summed E-state index contributed by atoms with van der Waals surface area (Å²) in [7, 11) is -3.78. The Morgan fingerprint density at radius 3 is 2.38 bits per heavy atom. The summed E-state index contributed by atoms with van der Waals surface area (Å²) in [5.74, 6) is 0.581. The van der Waals surface area contributed by atoms with Crippen LogP contribution in [0.25, 0.3) is 0 Å². The number of sulfonamides is 1. The van der Waals surface area contributed by atoms with E-state index >= 15 is 0 Å². The molecule has 0 aliphatic carbocycles. The molecule has 1 aromatic heterocycles. The molecule has 0 N–H and O–H groups in total. The van der Waals surface area contributed by atoms with Gasteiger partial charge in [0, 0.05) is 10.9 Å². The summed E-state index contributed by atoms with van der Waals surface area (Å²) >= 11 is 3.41. The second kappa shape index (κ2) is 6.74. The molecule has 5 nitrogen and oxygen atoms in total. The van der Waals surface area contributed by atoms with Crippen molar-refractivity contribution in [2.45, 2.75) is 17.4 Å². The minimum atomic E-state index is -3.78. The predicted molar refractivity (Wildman–Crippen MR) is 102 cm³/mol. The van der Waals surface area contributed by atoms with Gasteiger partial charge in [-0.05, 0) is 42.0 Å². The minimum absolute atomic E-state index is 0.214. The van der Waals surface area contributed by atoms with Crippen LogP contribution < -0.4 is 0 Å². The Balaban J connectivity index is 1.79. The Kier molecular flexibility index (Phi) is 4.42. The summed E-state index contributed by atoms with van der Waals surface area (Å²) in [5.41, 5.74) is 1.49. The SMILES string of the molecule is O=S(=O)(c1ccccc1)N1N=C(c2ccco2)CC1c1ccc(Br)cc1. The van der Waals surface area contributed by atoms with E-state index in [1.54, 1.807) is 48.7 Å². The second-order valence-corrected chi connectivity index (χ2v) is 8.60. The second-order valence-electron chi connectivity index (χ2n) is 5.89. The molecule has 1 unspecified atom stereocenters. The van der Waals surface area contributed by atoms with Crippen LogP contribution in [0, 0.1) is 0 Å². The van der Waals surface area contributed by atoms with Crippen LogP contribution in [-0.4, -0.2) is 18.5 Å². The average molecular weight is 431 g/mol. The van der Waals surface area contributed by atoms with Crippen molar-refractivity contribution in [3.8, 4) is 0 Å². The number of furan rings is 1. The molecule has 3 aromatic rings. The first-order valence-corrected chi connectivity index (χ1v) is 10.3. The lowest BCUT2D eigenvalue weighted by Gasteiger charge is -2.23. The molecular formula is C19H15BrN2O3S. The molecule has 0 radical (unpaired) electrons. The molecule has 0 saturated carbocycles. The van der Waals surface area contributed by atoms with E-state index in [0.29, 0.717) is 17.9 Å². The van der Waals surface area contributed by atoms with Crippen molar-refractivity contribution in [2.24, 2.45) is 5.10 Å². The molecule has 0 bridgehead atoms. The van der Waals surface area contributed by atoms with Gasteiger partial charge in [-0.2, -0.15) is 17.9 Å². The van der Waals surface area contributed by atoms with Crippen molar-refractivity contribution >= 4 is 31.7 Å². The van der Waals surface area contributed by atoms with Crippen LogP contribution in [0.15, 0.2) is 91.9 Å². The van der Waals surface area contributed by atoms with E-state index in [2.05, 4.69) is 21.0 Å². The lowest BCUT2D eigenvalue weighted by Crippen LogP contribution is -2.27. The summed E-state index contributed by atoms with van der Waals surface area (Å²) in [5, 5.41) is 4.42. The van der Waals surface area contributed by atoms with Gasteiger partial charge in [0.2, 0.25) is 0 Å². The fourth-order valence-corrected chi connectivity index (χ4v) is 4.65. The summed E-state index contributed by atoms with van der Waals surface area (Å²) in [6, 6.07) is 19.1. The highest BCUT2D eigenvalue weighted by Gasteiger charge is 2.38. The Morgan fingerprint density at radius 2 is 1.73 bits per heavy atom. The van der Waals surface area contributed by atoms with Crippen molar-refractivity contribution < 1.29 is 12.8 Å². The van der Waals surface area contributed by atoms with E-state index in [1.165, 1.54) is 4.41 Å². The average Bonchev–Trinajstić information content (AvgIpc) is 3.33. The quantitative estimate of drug-likeness (QED) is 0.608. The molecule has 2 heterocycles. The maximum absolute atomic E-state index is 13.2. The number of hydrazone groups is 1. The monoisotopic (exact) mass is 430 g/mol. The van der Waals surface area contributed by atoms with Gasteiger partial charge in [-0.3, -0.25) is 0 Å². The van der Waals surface area contributed by atoms with Crippen LogP contribution in [0.3, 0.4) is 0 Å². The Morgan fingerprint density at radius 1 is 1.00 bits per heavy atom. The lowest BCUT2D eigenvalue weighted by molar-refractivity contribution is 0.371. The maximum atomic E-state index is 13.2. The summed E-state index contributed by atoms with van der Waals surface area (Å²) in [6.07, 6.45) is 2.00. The zero-order valence-electron chi connectivity index (χ0n) is 13.6. The van der Waals surface area contributed by atoms with E-state index < -0.39 is 16.1 Å². The molecule has 0 amide bonds. The first kappa shape index (κ1) is 17.1. The van der Waals surface area contributed by atoms with Crippen LogP contribution >= 0.6 is 15.9 Å². The van der Waals surface area contributed by atoms with E-state index in [0.717, 1.165) is 10.0 Å². The molecule has 26 heavy (non-hydrogen) atoms. The normalized spacial score (nSPS) is 17.3. The molecule has 0 saturated heterocycles. The van der Waals surface area contributed by atoms with Crippen molar-refractivity contribution in [3.05, 3.63) is 88.8 Å². The van der Waals surface area contributed by atoms with Crippen molar-refractivity contribution in [2.75, 3.05) is 0 Å². The van der Waals surface area contributed by atoms with Crippen molar-refractivity contribution in [1.29, 1.82) is 0 Å². The van der Waals surface area contributed by atoms with Gasteiger partial charge in [-0.25, -0.2) is 0 Å². The van der Waals surface area contributed by atoms with Gasteiger partial charge in [0.25, 0.3) is 10.0 Å². The van der Waals surface area contributed by atoms with Crippen LogP contribution in [0.1, 0.15) is 23.8 Å². The topological polar surface area (TPSA) is 62.9 Å². The molecule has 1 aliphatic heterocycles. The third-order valence-corrected chi connectivity index (χ3v) is 6.45. The van der Waals surface area contributed by atoms with Crippen LogP contribution in [0.4, 0.5) is 0 Å². The van der Waals surface area contributed by atoms with Crippen LogP contribution in [0.2, 0.25) is 0 Å². The summed E-state index contributed by atoms with van der Waals surface area (Å²) in [6.45, 7) is 0. The fraction of sp³-hybridized carbons (Fsp3) is 0.105. The molecule has 7 heteroatoms. The van der Waals surface area contributed by atoms with E-state index in [4.69, 9.17) is 4.42 Å². The van der Waals surface area contributed by atoms with Gasteiger partial charge in [0.15, 0.2) is 0 Å². The Bertz CT molecular complexity index is 1030. The number of benzene rings is 2. The number of rotatable bonds is 4. The van der Waals surface area contributed by atoms with Gasteiger partial charge in [0.05, 0.1) is 17.2 Å². The first-order valence-electron chi connectivity index (χ1n) is 8.02. The highest BCUT2D eigenvalue weighted by molar-refractivity contribution is 9.10. The number of nitrogens with zero attached hydrogens (tertiary/aromatic N) is 2. The third kappa shape index (κ3) is 3.08. The highest BCUT2D eigenvalue weighted by Crippen LogP contribution is 2.37. The van der Waals surface area contributed by atoms with Crippen molar-refractivity contribution in [3.63, 3.8) is 0 Å². The highest BCUT2D eigenvalue weighted by atomic mass is 79.9. The minimum Gasteiger partial charge on any atom is -0.463 e. The third-order valence-electron chi connectivity index (χ3n) is 4.22. The lowest BCUT2D eigenvalue weighted by atomic mass is 10.0. The van der Waals surface area contributed by atoms with E-state index in [1.807, 2.05) is 24.3 Å². The Hall–Kier alpha value is -2.38. The molecular weight excluding hydrogens is 416 g/mol. The van der Waals surface area contributed by atoms with E-state index in [-0.39, 0.29) is 4.90 Å². The molecule has 0 spiro atoms. The summed E-state index contributed by atoms with van der Waals surface area (Å²) < 4.78 is 33.9. The predicted octanol–water partition coefficient (Wildman–Crippen LogP) is 4.58. The van der Waals surface area contributed by atoms with Gasteiger partial charge >= 0.3 is 0 Å². The number of hydrogen-bond acceptors (Lipinski definition) is 4. The molecule has 1 aliphatic rings. The molecule has 0 fully saturated rings. The summed E-state index contributed by atoms with van der Waals surface area (Å²) in [4.78, 5) is 0.214. The number of halogens is 1. The number of hydrogen-bond donors (Lipinski definition) is 0. The van der Waals surface area contributed by atoms with Gasteiger partial charge in [0.1, 0.15) is 11.5 Å². The van der Waals surface area contributed by atoms with Crippen molar-refractivity contribution in [1.82, 2.24) is 4.41 Å². The van der Waals surface area contributed by atoms with Gasteiger partial charge in [-0.15, -0.1) is 0 Å². The molecule has 4 rings (SSSR count). The smallest absolute Gasteiger partial charge is 0.279 e. The zero-order valence-corrected chi connectivity index (χ0v) is 16.0. The zero-order chi connectivity index (χ0) is 18.1. The largest absolute Gasteiger partial charge is 0.463 e. The molecule has 132 valence electrons. The molecule has 1 atom stereocenters. The maximum Gasteiger partial charge on any atom is 0.279 e. The Labute approximate surface area is 160 Å². The fourth-order valence-electron chi connectivity index (χ4n) is 2.94. The van der Waals surface area contributed by atoms with E-state index in [9.17, 15) is 8.42 Å². The van der Waals surface area contributed by atoms with Crippen LogP contribution in [0.5, 0.6) is 0 Å². The van der Waals surface area contributed by atoms with Gasteiger partial charge < -0.3 is 4.42 Å². The molecule has 2 aromatic carbocycles. The standard InChI is InChI=1S/C19H15BrN2O3S/c20-15-10-8-14(9-11-15)18-13-17(19-7-4-12-25-19)21-22(18)26(23,24)16-5-2-1-3-6-16/h1-12,18H,13H2. The van der Waals surface area contributed by atoms with Gasteiger partial charge in [-0.1, -0.05) is 46.3 Å². The first-order chi connectivity index (χ1) is 12.6.